The lowest BCUT2D eigenvalue weighted by atomic mass is 10.3. The Balaban J connectivity index is 1.46. The van der Waals surface area contributed by atoms with E-state index in [-0.39, 0.29) is 25.0 Å². The van der Waals surface area contributed by atoms with E-state index in [0.29, 0.717) is 27.4 Å². The van der Waals surface area contributed by atoms with E-state index in [1.54, 1.807) is 43.4 Å². The summed E-state index contributed by atoms with van der Waals surface area (Å²) < 4.78 is 10.7. The predicted molar refractivity (Wildman–Crippen MR) is 109 cm³/mol. The van der Waals surface area contributed by atoms with Crippen molar-refractivity contribution in [3.05, 3.63) is 47.5 Å². The molecule has 9 heteroatoms. The van der Waals surface area contributed by atoms with Crippen molar-refractivity contribution in [2.24, 2.45) is 4.99 Å². The topological polar surface area (TPSA) is 80.2 Å². The first kappa shape index (κ1) is 18.6. The monoisotopic (exact) mass is 417 g/mol. The van der Waals surface area contributed by atoms with Crippen LogP contribution in [0.1, 0.15) is 6.42 Å². The molecule has 2 heterocycles. The van der Waals surface area contributed by atoms with Crippen molar-refractivity contribution in [1.82, 2.24) is 0 Å². The first-order chi connectivity index (χ1) is 13.5. The van der Waals surface area contributed by atoms with Crippen LogP contribution in [0.3, 0.4) is 0 Å². The van der Waals surface area contributed by atoms with E-state index in [0.717, 1.165) is 5.69 Å². The van der Waals surface area contributed by atoms with Crippen LogP contribution in [-0.2, 0) is 9.59 Å². The second-order valence-electron chi connectivity index (χ2n) is 6.08. The van der Waals surface area contributed by atoms with Crippen LogP contribution in [0.4, 0.5) is 11.4 Å². The van der Waals surface area contributed by atoms with Crippen molar-refractivity contribution in [2.75, 3.05) is 24.1 Å². The number of aliphatic imine (C=N–C) groups is 1. The van der Waals surface area contributed by atoms with E-state index in [4.69, 9.17) is 21.1 Å². The van der Waals surface area contributed by atoms with E-state index in [2.05, 4.69) is 10.3 Å². The molecule has 0 aromatic heterocycles. The molecule has 0 spiro atoms. The van der Waals surface area contributed by atoms with Gasteiger partial charge in [-0.2, -0.15) is 0 Å². The minimum atomic E-state index is -0.552. The highest BCUT2D eigenvalue weighted by Crippen LogP contribution is 2.35. The molecule has 4 rings (SSSR count). The van der Waals surface area contributed by atoms with Crippen LogP contribution < -0.4 is 19.7 Å². The molecule has 0 saturated carbocycles. The summed E-state index contributed by atoms with van der Waals surface area (Å²) in [7, 11) is 1.63. The van der Waals surface area contributed by atoms with Gasteiger partial charge in [0.1, 0.15) is 5.25 Å². The van der Waals surface area contributed by atoms with Crippen molar-refractivity contribution in [3.63, 3.8) is 0 Å². The third-order valence-electron chi connectivity index (χ3n) is 4.27. The molecule has 1 fully saturated rings. The largest absolute Gasteiger partial charge is 0.454 e. The number of nitrogens with zero attached hydrogens (tertiary/aromatic N) is 2. The molecule has 0 radical (unpaired) electrons. The average molecular weight is 418 g/mol. The normalized spacial score (nSPS) is 18.7. The van der Waals surface area contributed by atoms with Crippen LogP contribution >= 0.6 is 23.4 Å². The number of fused-ring (bicyclic) bond motifs is 1. The van der Waals surface area contributed by atoms with Crippen LogP contribution in [0.5, 0.6) is 11.5 Å². The fourth-order valence-electron chi connectivity index (χ4n) is 2.93. The first-order valence-electron chi connectivity index (χ1n) is 8.47. The Morgan fingerprint density at radius 1 is 1.18 bits per heavy atom. The number of carbonyl (C=O) groups is 2. The van der Waals surface area contributed by atoms with Crippen LogP contribution in [0.2, 0.25) is 5.02 Å². The maximum atomic E-state index is 12.8. The molecule has 0 aliphatic carbocycles. The molecular formula is C19H16ClN3O4S. The van der Waals surface area contributed by atoms with Gasteiger partial charge < -0.3 is 14.8 Å². The molecule has 1 atom stereocenters. The summed E-state index contributed by atoms with van der Waals surface area (Å²) in [6, 6.07) is 12.1. The SMILES string of the molecule is CN=C(Nc1ccc2c(c1)OCO2)S[C@H]1CC(=O)N(c2ccc(Cl)cc2)C1=O. The number of imide groups is 1. The van der Waals surface area contributed by atoms with Gasteiger partial charge in [-0.1, -0.05) is 23.4 Å². The van der Waals surface area contributed by atoms with Crippen molar-refractivity contribution in [3.8, 4) is 11.5 Å². The van der Waals surface area contributed by atoms with Crippen LogP contribution in [0.15, 0.2) is 47.5 Å². The minimum Gasteiger partial charge on any atom is -0.454 e. The van der Waals surface area contributed by atoms with Crippen molar-refractivity contribution in [2.45, 2.75) is 11.7 Å². The summed E-state index contributed by atoms with van der Waals surface area (Å²) in [6.07, 6.45) is 0.105. The second-order valence-corrected chi connectivity index (χ2v) is 7.70. The summed E-state index contributed by atoms with van der Waals surface area (Å²) in [4.78, 5) is 30.6. The van der Waals surface area contributed by atoms with Crippen molar-refractivity contribution < 1.29 is 19.1 Å². The predicted octanol–water partition coefficient (Wildman–Crippen LogP) is 3.53. The summed E-state index contributed by atoms with van der Waals surface area (Å²) >= 11 is 7.11. The maximum Gasteiger partial charge on any atom is 0.247 e. The number of ether oxygens (including phenoxy) is 2. The molecule has 2 aromatic rings. The number of hydrogen-bond donors (Lipinski definition) is 1. The highest BCUT2D eigenvalue weighted by atomic mass is 35.5. The zero-order chi connectivity index (χ0) is 19.7. The van der Waals surface area contributed by atoms with Crippen LogP contribution in [0, 0.1) is 0 Å². The molecule has 28 heavy (non-hydrogen) atoms. The highest BCUT2D eigenvalue weighted by Gasteiger charge is 2.40. The zero-order valence-corrected chi connectivity index (χ0v) is 16.4. The Morgan fingerprint density at radius 3 is 2.68 bits per heavy atom. The van der Waals surface area contributed by atoms with Gasteiger partial charge in [0.05, 0.1) is 5.69 Å². The molecule has 0 unspecified atom stereocenters. The van der Waals surface area contributed by atoms with E-state index in [1.165, 1.54) is 16.7 Å². The lowest BCUT2D eigenvalue weighted by molar-refractivity contribution is -0.121. The third-order valence-corrected chi connectivity index (χ3v) is 5.68. The van der Waals surface area contributed by atoms with Crippen molar-refractivity contribution >= 4 is 51.7 Å². The lowest BCUT2D eigenvalue weighted by Crippen LogP contribution is -2.31. The van der Waals surface area contributed by atoms with Gasteiger partial charge in [-0.25, -0.2) is 4.90 Å². The van der Waals surface area contributed by atoms with E-state index >= 15 is 0 Å². The van der Waals surface area contributed by atoms with Crippen LogP contribution in [-0.4, -0.2) is 36.1 Å². The number of amides is 2. The Bertz CT molecular complexity index is 964. The van der Waals surface area contributed by atoms with E-state index in [1.807, 2.05) is 6.07 Å². The fourth-order valence-corrected chi connectivity index (χ4v) is 4.04. The maximum absolute atomic E-state index is 12.8. The van der Waals surface area contributed by atoms with Crippen molar-refractivity contribution in [1.29, 1.82) is 0 Å². The fraction of sp³-hybridized carbons (Fsp3) is 0.211. The van der Waals surface area contributed by atoms with Gasteiger partial charge in [0.2, 0.25) is 18.6 Å². The van der Waals surface area contributed by atoms with Gasteiger partial charge in [-0.15, -0.1) is 0 Å². The van der Waals surface area contributed by atoms with Gasteiger partial charge >= 0.3 is 0 Å². The smallest absolute Gasteiger partial charge is 0.247 e. The van der Waals surface area contributed by atoms with Gasteiger partial charge in [0, 0.05) is 30.2 Å². The quantitative estimate of drug-likeness (QED) is 0.467. The minimum absolute atomic E-state index is 0.105. The summed E-state index contributed by atoms with van der Waals surface area (Å²) in [5.74, 6) is 0.809. The molecule has 2 aliphatic rings. The number of carbonyl (C=O) groups excluding carboxylic acids is 2. The van der Waals surface area contributed by atoms with E-state index in [9.17, 15) is 9.59 Å². The molecule has 7 nitrogen and oxygen atoms in total. The Hall–Kier alpha value is -2.71. The number of thioether (sulfide) groups is 1. The zero-order valence-electron chi connectivity index (χ0n) is 14.8. The summed E-state index contributed by atoms with van der Waals surface area (Å²) in [5, 5.41) is 3.68. The van der Waals surface area contributed by atoms with E-state index < -0.39 is 5.25 Å². The Kier molecular flexibility index (Phi) is 5.15. The number of hydrogen-bond acceptors (Lipinski definition) is 6. The standard InChI is InChI=1S/C19H16ClN3O4S/c1-21-19(22-12-4-7-14-15(8-12)27-10-26-14)28-16-9-17(24)23(18(16)25)13-5-2-11(20)3-6-13/h2-8,16H,9-10H2,1H3,(H,21,22)/t16-/m0/s1. The number of rotatable bonds is 3. The second kappa shape index (κ2) is 7.73. The highest BCUT2D eigenvalue weighted by molar-refractivity contribution is 8.15. The average Bonchev–Trinajstić information content (AvgIpc) is 3.26. The molecule has 144 valence electrons. The van der Waals surface area contributed by atoms with Gasteiger partial charge in [-0.05, 0) is 36.4 Å². The molecule has 1 saturated heterocycles. The molecule has 1 N–H and O–H groups in total. The number of halogens is 1. The van der Waals surface area contributed by atoms with Crippen LogP contribution in [0.25, 0.3) is 0 Å². The number of anilines is 2. The molecule has 2 aromatic carbocycles. The number of nitrogens with one attached hydrogen (secondary N) is 1. The molecular weight excluding hydrogens is 402 g/mol. The molecule has 2 aliphatic heterocycles. The lowest BCUT2D eigenvalue weighted by Gasteiger charge is -2.16. The van der Waals surface area contributed by atoms with Gasteiger partial charge in [0.25, 0.3) is 0 Å². The summed E-state index contributed by atoms with van der Waals surface area (Å²) in [5.41, 5.74) is 1.27. The molecule has 0 bridgehead atoms. The Morgan fingerprint density at radius 2 is 1.93 bits per heavy atom. The number of benzene rings is 2. The van der Waals surface area contributed by atoms with Gasteiger partial charge in [-0.3, -0.25) is 14.6 Å². The summed E-state index contributed by atoms with van der Waals surface area (Å²) in [6.45, 7) is 0.196. The Labute approximate surface area is 170 Å². The van der Waals surface area contributed by atoms with Gasteiger partial charge in [0.15, 0.2) is 16.7 Å². The first-order valence-corrected chi connectivity index (χ1v) is 9.73. The number of amidine groups is 1. The third kappa shape index (κ3) is 3.65. The molecule has 2 amide bonds.